The summed E-state index contributed by atoms with van der Waals surface area (Å²) in [5, 5.41) is 110. The van der Waals surface area contributed by atoms with E-state index < -0.39 is 156 Å². The summed E-state index contributed by atoms with van der Waals surface area (Å²) >= 11 is 0. The number of unbranched alkanes of at least 4 members (excludes halogenated alkanes) is 33. The minimum atomic E-state index is -5.69. The lowest BCUT2D eigenvalue weighted by molar-refractivity contribution is -0.360. The van der Waals surface area contributed by atoms with Crippen molar-refractivity contribution < 1.29 is 117 Å². The predicted octanol–water partition coefficient (Wildman–Crippen LogP) is 9.18. The molecular formula is C69H127O24P. The van der Waals surface area contributed by atoms with Crippen LogP contribution in [0.4, 0.5) is 0 Å². The van der Waals surface area contributed by atoms with Gasteiger partial charge in [0.2, 0.25) is 0 Å². The third-order valence-electron chi connectivity index (χ3n) is 18.0. The Morgan fingerprint density at radius 3 is 1.16 bits per heavy atom. The lowest BCUT2D eigenvalue weighted by Crippen LogP contribution is -2.69. The van der Waals surface area contributed by atoms with Crippen molar-refractivity contribution in [2.24, 2.45) is 0 Å². The Morgan fingerprint density at radius 1 is 0.404 bits per heavy atom. The van der Waals surface area contributed by atoms with E-state index >= 15 is 0 Å². The van der Waals surface area contributed by atoms with Crippen LogP contribution in [0.5, 0.6) is 0 Å². The van der Waals surface area contributed by atoms with E-state index in [2.05, 4.69) is 32.9 Å². The Hall–Kier alpha value is -2.30. The first-order valence-electron chi connectivity index (χ1n) is 36.5. The van der Waals surface area contributed by atoms with Crippen molar-refractivity contribution in [2.45, 2.75) is 382 Å². The van der Waals surface area contributed by atoms with Crippen molar-refractivity contribution in [3.05, 3.63) is 12.2 Å². The third kappa shape index (κ3) is 35.1. The standard InChI is InChI=1S/C69H127O24P/c1-4-7-10-13-16-19-22-25-26-27-30-33-36-39-42-45-55(73)88-50(47-85-53(71)43-40-37-34-31-28-23-20-17-14-11-8-5-2)48-87-94(83,84)93-67-65(91-68-63(81)58(76)56(74)51(46-70)89-68)61(79)60(78)62(80)66(67)92-69-64(82)59(77)57(75)52(90-69)49-86-54(72)44-41-38-35-32-29-24-21-18-15-12-9-6-3/h19,22,50-52,56-70,74-82H,4-18,20-21,23-49H2,1-3H3,(H,83,84)/b22-19-. The van der Waals surface area contributed by atoms with E-state index in [1.165, 1.54) is 103 Å². The van der Waals surface area contributed by atoms with Crippen LogP contribution in [0.1, 0.15) is 278 Å². The molecule has 0 aromatic heterocycles. The fourth-order valence-electron chi connectivity index (χ4n) is 12.0. The molecule has 1 saturated carbocycles. The topological polar surface area (TPSA) is 374 Å². The number of aliphatic hydroxyl groups excluding tert-OH is 10. The molecule has 0 aromatic rings. The van der Waals surface area contributed by atoms with Gasteiger partial charge in [-0.15, -0.1) is 0 Å². The van der Waals surface area contributed by atoms with E-state index in [4.69, 9.17) is 42.2 Å². The molecule has 2 saturated heterocycles. The molecule has 3 aliphatic rings. The number of aliphatic hydroxyl groups is 10. The normalized spacial score (nSPS) is 28.3. The molecule has 1 aliphatic carbocycles. The first-order valence-corrected chi connectivity index (χ1v) is 38.0. The summed E-state index contributed by atoms with van der Waals surface area (Å²) in [6.45, 7) is 3.41. The number of carbonyl (C=O) groups is 3. The van der Waals surface area contributed by atoms with Gasteiger partial charge in [0.25, 0.3) is 0 Å². The summed E-state index contributed by atoms with van der Waals surface area (Å²) in [7, 11) is -5.69. The molecule has 11 N–H and O–H groups in total. The number of esters is 3. The van der Waals surface area contributed by atoms with Gasteiger partial charge in [-0.25, -0.2) is 4.57 Å². The Bertz CT molecular complexity index is 2010. The number of hydrogen-bond donors (Lipinski definition) is 11. The fourth-order valence-corrected chi connectivity index (χ4v) is 13.0. The molecule has 18 unspecified atom stereocenters. The van der Waals surface area contributed by atoms with E-state index in [0.29, 0.717) is 19.3 Å². The van der Waals surface area contributed by atoms with Crippen LogP contribution in [0, 0.1) is 0 Å². The summed E-state index contributed by atoms with van der Waals surface area (Å²) in [5.41, 5.74) is 0. The van der Waals surface area contributed by atoms with E-state index in [1.807, 2.05) is 0 Å². The molecule has 0 aromatic carbocycles. The van der Waals surface area contributed by atoms with Gasteiger partial charge in [-0.1, -0.05) is 226 Å². The molecule has 0 amide bonds. The maximum Gasteiger partial charge on any atom is 0.472 e. The van der Waals surface area contributed by atoms with E-state index in [9.17, 15) is 74.9 Å². The molecule has 94 heavy (non-hydrogen) atoms. The fraction of sp³-hybridized carbons (Fsp3) is 0.928. The Labute approximate surface area is 561 Å². The molecular weight excluding hydrogens is 1240 g/mol. The number of phosphoric acid groups is 1. The van der Waals surface area contributed by atoms with E-state index in [0.717, 1.165) is 116 Å². The van der Waals surface area contributed by atoms with Gasteiger partial charge in [-0.05, 0) is 44.9 Å². The summed E-state index contributed by atoms with van der Waals surface area (Å²) < 4.78 is 64.9. The number of allylic oxidation sites excluding steroid dienone is 2. The van der Waals surface area contributed by atoms with Crippen molar-refractivity contribution in [1.29, 1.82) is 0 Å². The Morgan fingerprint density at radius 2 is 0.745 bits per heavy atom. The summed E-state index contributed by atoms with van der Waals surface area (Å²) in [6.07, 6.45) is 8.67. The van der Waals surface area contributed by atoms with Gasteiger partial charge in [-0.2, -0.15) is 0 Å². The zero-order valence-electron chi connectivity index (χ0n) is 57.3. The third-order valence-corrected chi connectivity index (χ3v) is 19.0. The zero-order valence-corrected chi connectivity index (χ0v) is 58.2. The summed E-state index contributed by atoms with van der Waals surface area (Å²) in [6, 6.07) is 0. The molecule has 0 spiro atoms. The van der Waals surface area contributed by atoms with Crippen LogP contribution in [0.15, 0.2) is 12.2 Å². The van der Waals surface area contributed by atoms with E-state index in [-0.39, 0.29) is 19.3 Å². The molecule has 0 radical (unpaired) electrons. The van der Waals surface area contributed by atoms with Crippen molar-refractivity contribution >= 4 is 25.7 Å². The number of phosphoric ester groups is 1. The lowest BCUT2D eigenvalue weighted by Gasteiger charge is -2.49. The van der Waals surface area contributed by atoms with E-state index in [1.54, 1.807) is 0 Å². The number of ether oxygens (including phenoxy) is 7. The van der Waals surface area contributed by atoms with Crippen molar-refractivity contribution in [3.8, 4) is 0 Å². The number of hydrogen-bond acceptors (Lipinski definition) is 23. The number of rotatable bonds is 56. The van der Waals surface area contributed by atoms with Crippen molar-refractivity contribution in [2.75, 3.05) is 26.4 Å². The van der Waals surface area contributed by atoms with Gasteiger partial charge in [0.15, 0.2) is 18.7 Å². The van der Waals surface area contributed by atoms with Gasteiger partial charge in [0.05, 0.1) is 13.2 Å². The summed E-state index contributed by atoms with van der Waals surface area (Å²) in [5.74, 6) is -1.99. The van der Waals surface area contributed by atoms with Crippen LogP contribution < -0.4 is 0 Å². The molecule has 25 heteroatoms. The monoisotopic (exact) mass is 1370 g/mol. The highest BCUT2D eigenvalue weighted by molar-refractivity contribution is 7.47. The second-order valence-electron chi connectivity index (χ2n) is 26.3. The van der Waals surface area contributed by atoms with Crippen LogP contribution in [0.25, 0.3) is 0 Å². The predicted molar refractivity (Wildman–Crippen MR) is 352 cm³/mol. The molecule has 2 aliphatic heterocycles. The average molecular weight is 1370 g/mol. The van der Waals surface area contributed by atoms with Crippen LogP contribution >= 0.6 is 7.82 Å². The highest BCUT2D eigenvalue weighted by Crippen LogP contribution is 2.49. The quantitative estimate of drug-likeness (QED) is 0.00888. The van der Waals surface area contributed by atoms with Crippen LogP contribution in [-0.4, -0.2) is 204 Å². The Balaban J connectivity index is 1.75. The van der Waals surface area contributed by atoms with Gasteiger partial charge >= 0.3 is 25.7 Å². The van der Waals surface area contributed by atoms with Crippen molar-refractivity contribution in [1.82, 2.24) is 0 Å². The molecule has 552 valence electrons. The van der Waals surface area contributed by atoms with Gasteiger partial charge in [-0.3, -0.25) is 23.4 Å². The first-order chi connectivity index (χ1) is 45.3. The Kier molecular flexibility index (Phi) is 47.3. The maximum atomic E-state index is 14.3. The van der Waals surface area contributed by atoms with Gasteiger partial charge in [0.1, 0.15) is 98.7 Å². The van der Waals surface area contributed by atoms with Crippen LogP contribution in [0.3, 0.4) is 0 Å². The first kappa shape index (κ1) is 85.9. The van der Waals surface area contributed by atoms with Crippen LogP contribution in [0.2, 0.25) is 0 Å². The lowest BCUT2D eigenvalue weighted by atomic mass is 9.84. The SMILES string of the molecule is CCCCCC/C=C\CCCCCCCCCC(=O)OC(COC(=O)CCCCCCCCCCCCCC)COP(=O)(O)OC1C(OC2OC(CO)C(O)C(O)C2O)C(O)C(O)C(O)C1OC1OC(COC(=O)CCCCCCCCCCCCCC)C(O)C(O)C1O. The zero-order chi connectivity index (χ0) is 68.9. The second-order valence-corrected chi connectivity index (χ2v) is 27.7. The molecule has 0 bridgehead atoms. The largest absolute Gasteiger partial charge is 0.472 e. The highest BCUT2D eigenvalue weighted by atomic mass is 31.2. The maximum absolute atomic E-state index is 14.3. The highest BCUT2D eigenvalue weighted by Gasteiger charge is 2.58. The van der Waals surface area contributed by atoms with Gasteiger partial charge in [0, 0.05) is 19.3 Å². The average Bonchev–Trinajstić information content (AvgIpc) is 0.766. The molecule has 24 nitrogen and oxygen atoms in total. The van der Waals surface area contributed by atoms with Crippen LogP contribution in [-0.2, 0) is 61.2 Å². The molecule has 3 rings (SSSR count). The number of carbonyl (C=O) groups excluding carboxylic acids is 3. The molecule has 3 fully saturated rings. The molecule has 2 heterocycles. The minimum Gasteiger partial charge on any atom is -0.463 e. The van der Waals surface area contributed by atoms with Gasteiger partial charge < -0.3 is 89.1 Å². The minimum absolute atomic E-state index is 0.0318. The van der Waals surface area contributed by atoms with Crippen molar-refractivity contribution in [3.63, 3.8) is 0 Å². The second kappa shape index (κ2) is 51.8. The molecule has 18 atom stereocenters. The summed E-state index contributed by atoms with van der Waals surface area (Å²) in [4.78, 5) is 50.9. The smallest absolute Gasteiger partial charge is 0.463 e.